The van der Waals surface area contributed by atoms with E-state index in [4.69, 9.17) is 4.74 Å². The molecule has 0 radical (unpaired) electrons. The van der Waals surface area contributed by atoms with Crippen LogP contribution in [0.5, 0.6) is 5.75 Å². The molecule has 0 saturated carbocycles. The largest absolute Gasteiger partial charge is 0.497 e. The van der Waals surface area contributed by atoms with Crippen molar-refractivity contribution in [2.24, 2.45) is 0 Å². The fourth-order valence-corrected chi connectivity index (χ4v) is 4.10. The van der Waals surface area contributed by atoms with E-state index in [2.05, 4.69) is 41.0 Å². The maximum Gasteiger partial charge on any atom is 0.121 e. The van der Waals surface area contributed by atoms with Crippen LogP contribution in [0.1, 0.15) is 29.5 Å². The van der Waals surface area contributed by atoms with Gasteiger partial charge in [-0.2, -0.15) is 0 Å². The number of ether oxygens (including phenoxy) is 1. The highest BCUT2D eigenvalue weighted by molar-refractivity contribution is 5.65. The summed E-state index contributed by atoms with van der Waals surface area (Å²) in [6.07, 6.45) is 6.32. The smallest absolute Gasteiger partial charge is 0.121 e. The van der Waals surface area contributed by atoms with Crippen molar-refractivity contribution >= 4 is 11.8 Å². The van der Waals surface area contributed by atoms with Gasteiger partial charge in [0, 0.05) is 23.4 Å². The summed E-state index contributed by atoms with van der Waals surface area (Å²) in [6, 6.07) is 26.3. The van der Waals surface area contributed by atoms with Crippen LogP contribution in [0.2, 0.25) is 0 Å². The number of hydrogen-bond donors (Lipinski definition) is 1. The van der Waals surface area contributed by atoms with Gasteiger partial charge < -0.3 is 14.7 Å². The normalized spacial score (nSPS) is 18.1. The number of anilines is 1. The van der Waals surface area contributed by atoms with E-state index in [1.165, 1.54) is 0 Å². The first-order valence-electron chi connectivity index (χ1n) is 10.6. The first-order valence-corrected chi connectivity index (χ1v) is 10.6. The highest BCUT2D eigenvalue weighted by atomic mass is 16.5. The molecule has 0 bridgehead atoms. The van der Waals surface area contributed by atoms with E-state index in [-0.39, 0.29) is 6.61 Å². The van der Waals surface area contributed by atoms with Crippen molar-refractivity contribution in [1.29, 1.82) is 0 Å². The standard InChI is InChI=1S/C28H27NO2/c1-31-26-13-14-27(25(21-26)22-30)29-20-8-17-28(29,18-15-23-9-4-2-5-10-23)19-16-24-11-6-3-7-12-24/h2-7,9-15,18,21,30H,8,17,20,22H2,1H3/b18-15+. The molecule has 0 aromatic heterocycles. The summed E-state index contributed by atoms with van der Waals surface area (Å²) in [7, 11) is 1.64. The van der Waals surface area contributed by atoms with Crippen LogP contribution >= 0.6 is 0 Å². The molecule has 3 heteroatoms. The van der Waals surface area contributed by atoms with Crippen molar-refractivity contribution < 1.29 is 9.84 Å². The van der Waals surface area contributed by atoms with Crippen molar-refractivity contribution in [3.8, 4) is 17.6 Å². The van der Waals surface area contributed by atoms with Crippen molar-refractivity contribution in [3.63, 3.8) is 0 Å². The lowest BCUT2D eigenvalue weighted by molar-refractivity contribution is 0.281. The van der Waals surface area contributed by atoms with Crippen LogP contribution in [-0.4, -0.2) is 24.3 Å². The molecule has 156 valence electrons. The molecule has 4 rings (SSSR count). The van der Waals surface area contributed by atoms with E-state index in [0.29, 0.717) is 0 Å². The number of benzene rings is 3. The van der Waals surface area contributed by atoms with Gasteiger partial charge in [-0.25, -0.2) is 0 Å². The zero-order chi connectivity index (χ0) is 21.5. The van der Waals surface area contributed by atoms with Crippen LogP contribution in [0, 0.1) is 11.8 Å². The van der Waals surface area contributed by atoms with Crippen molar-refractivity contribution in [3.05, 3.63) is 102 Å². The third kappa shape index (κ3) is 4.66. The van der Waals surface area contributed by atoms with Gasteiger partial charge in [-0.1, -0.05) is 66.4 Å². The maximum atomic E-state index is 10.0. The fourth-order valence-electron chi connectivity index (χ4n) is 4.10. The molecule has 1 unspecified atom stereocenters. The molecule has 3 aromatic rings. The summed E-state index contributed by atoms with van der Waals surface area (Å²) in [5.74, 6) is 7.72. The number of methoxy groups -OCH3 is 1. The molecular weight excluding hydrogens is 382 g/mol. The fraction of sp³-hybridized carbons (Fsp3) is 0.214. The second kappa shape index (κ2) is 9.55. The van der Waals surface area contributed by atoms with Gasteiger partial charge in [0.15, 0.2) is 0 Å². The lowest BCUT2D eigenvalue weighted by Crippen LogP contribution is -2.41. The minimum absolute atomic E-state index is 0.0480. The predicted octanol–water partition coefficient (Wildman–Crippen LogP) is 5.29. The van der Waals surface area contributed by atoms with Crippen LogP contribution in [0.4, 0.5) is 5.69 Å². The van der Waals surface area contributed by atoms with Crippen molar-refractivity contribution in [2.75, 3.05) is 18.6 Å². The van der Waals surface area contributed by atoms with Gasteiger partial charge in [0.1, 0.15) is 11.3 Å². The molecule has 3 aromatic carbocycles. The van der Waals surface area contributed by atoms with Gasteiger partial charge in [0.2, 0.25) is 0 Å². The monoisotopic (exact) mass is 409 g/mol. The Labute approximate surface area is 184 Å². The predicted molar refractivity (Wildman–Crippen MR) is 127 cm³/mol. The van der Waals surface area contributed by atoms with Gasteiger partial charge in [-0.3, -0.25) is 0 Å². The number of aliphatic hydroxyl groups excluding tert-OH is 1. The van der Waals surface area contributed by atoms with Gasteiger partial charge >= 0.3 is 0 Å². The third-order valence-corrected chi connectivity index (χ3v) is 5.72. The highest BCUT2D eigenvalue weighted by Gasteiger charge is 2.38. The van der Waals surface area contributed by atoms with Crippen molar-refractivity contribution in [1.82, 2.24) is 0 Å². The van der Waals surface area contributed by atoms with E-state index in [1.54, 1.807) is 7.11 Å². The maximum absolute atomic E-state index is 10.0. The van der Waals surface area contributed by atoms with E-state index < -0.39 is 5.54 Å². The van der Waals surface area contributed by atoms with E-state index in [0.717, 1.165) is 47.5 Å². The minimum atomic E-state index is -0.454. The molecule has 3 nitrogen and oxygen atoms in total. The van der Waals surface area contributed by atoms with Gasteiger partial charge in [0.25, 0.3) is 0 Å². The first-order chi connectivity index (χ1) is 15.2. The summed E-state index contributed by atoms with van der Waals surface area (Å²) in [6.45, 7) is 0.829. The zero-order valence-corrected chi connectivity index (χ0v) is 17.8. The van der Waals surface area contributed by atoms with Crippen LogP contribution in [0.15, 0.2) is 84.9 Å². The molecule has 1 heterocycles. The number of aliphatic hydroxyl groups is 1. The summed E-state index contributed by atoms with van der Waals surface area (Å²) >= 11 is 0. The van der Waals surface area contributed by atoms with E-state index >= 15 is 0 Å². The van der Waals surface area contributed by atoms with Gasteiger partial charge in [0.05, 0.1) is 13.7 Å². The molecule has 0 spiro atoms. The molecular formula is C28H27NO2. The molecule has 31 heavy (non-hydrogen) atoms. The van der Waals surface area contributed by atoms with Crippen LogP contribution in [0.25, 0.3) is 6.08 Å². The number of nitrogens with zero attached hydrogens (tertiary/aromatic N) is 1. The average molecular weight is 410 g/mol. The van der Waals surface area contributed by atoms with Crippen LogP contribution in [-0.2, 0) is 6.61 Å². The first kappa shape index (κ1) is 20.8. The summed E-state index contributed by atoms with van der Waals surface area (Å²) in [5, 5.41) is 10.0. The highest BCUT2D eigenvalue weighted by Crippen LogP contribution is 2.38. The SMILES string of the molecule is COc1ccc(N2CCCC2(C#Cc2ccccc2)/C=C/c2ccccc2)c(CO)c1. The van der Waals surface area contributed by atoms with Crippen LogP contribution in [0.3, 0.4) is 0 Å². The van der Waals surface area contributed by atoms with Gasteiger partial charge in [-0.05, 0) is 54.8 Å². The lowest BCUT2D eigenvalue weighted by Gasteiger charge is -2.35. The zero-order valence-electron chi connectivity index (χ0n) is 17.8. The van der Waals surface area contributed by atoms with E-state index in [9.17, 15) is 5.11 Å². The Bertz CT molecular complexity index is 1100. The van der Waals surface area contributed by atoms with Crippen LogP contribution < -0.4 is 9.64 Å². The average Bonchev–Trinajstić information content (AvgIpc) is 3.26. The van der Waals surface area contributed by atoms with Gasteiger partial charge in [-0.15, -0.1) is 0 Å². The molecule has 0 amide bonds. The Morgan fingerprint density at radius 2 is 1.77 bits per heavy atom. The quantitative estimate of drug-likeness (QED) is 0.581. The molecule has 1 fully saturated rings. The molecule has 1 atom stereocenters. The summed E-state index contributed by atoms with van der Waals surface area (Å²) < 4.78 is 5.37. The molecule has 1 aliphatic rings. The summed E-state index contributed by atoms with van der Waals surface area (Å²) in [4.78, 5) is 2.33. The Balaban J connectivity index is 1.79. The topological polar surface area (TPSA) is 32.7 Å². The second-order valence-corrected chi connectivity index (χ2v) is 7.69. The third-order valence-electron chi connectivity index (χ3n) is 5.72. The van der Waals surface area contributed by atoms with E-state index in [1.807, 2.05) is 66.7 Å². The number of rotatable bonds is 5. The molecule has 1 saturated heterocycles. The lowest BCUT2D eigenvalue weighted by atomic mass is 9.93. The second-order valence-electron chi connectivity index (χ2n) is 7.69. The Hall–Kier alpha value is -3.48. The molecule has 0 aliphatic carbocycles. The summed E-state index contributed by atoms with van der Waals surface area (Å²) in [5.41, 5.74) is 3.54. The Kier molecular flexibility index (Phi) is 6.40. The molecule has 1 N–H and O–H groups in total. The number of hydrogen-bond acceptors (Lipinski definition) is 3. The minimum Gasteiger partial charge on any atom is -0.497 e. The Morgan fingerprint density at radius 3 is 2.48 bits per heavy atom. The molecule has 1 aliphatic heterocycles. The van der Waals surface area contributed by atoms with Crippen molar-refractivity contribution in [2.45, 2.75) is 25.0 Å². The Morgan fingerprint density at radius 1 is 1.03 bits per heavy atom.